The highest BCUT2D eigenvalue weighted by Gasteiger charge is 2.23. The Bertz CT molecular complexity index is 331. The van der Waals surface area contributed by atoms with Crippen molar-refractivity contribution in [2.24, 2.45) is 11.7 Å². The lowest BCUT2D eigenvalue weighted by Crippen LogP contribution is -2.15. The second-order valence-electron chi connectivity index (χ2n) is 4.34. The molecule has 0 spiro atoms. The largest absolute Gasteiger partial charge is 0.328 e. The molecule has 2 atom stereocenters. The van der Waals surface area contributed by atoms with Crippen molar-refractivity contribution in [3.63, 3.8) is 0 Å². The molecule has 0 amide bonds. The lowest BCUT2D eigenvalue weighted by atomic mass is 9.98. The Kier molecular flexibility index (Phi) is 3.55. The van der Waals surface area contributed by atoms with Gasteiger partial charge in [0.2, 0.25) is 0 Å². The van der Waals surface area contributed by atoms with Crippen molar-refractivity contribution in [3.8, 4) is 0 Å². The average Bonchev–Trinajstić information content (AvgIpc) is 2.58. The maximum Gasteiger partial charge on any atom is 0.0452 e. The van der Waals surface area contributed by atoms with E-state index in [0.717, 1.165) is 34.9 Å². The minimum Gasteiger partial charge on any atom is -0.328 e. The van der Waals surface area contributed by atoms with Gasteiger partial charge in [0.05, 0.1) is 0 Å². The second kappa shape index (κ2) is 4.73. The molecule has 82 valence electrons. The van der Waals surface area contributed by atoms with Crippen molar-refractivity contribution in [1.82, 2.24) is 0 Å². The zero-order valence-corrected chi connectivity index (χ0v) is 10.1. The Balaban J connectivity index is 2.10. The smallest absolute Gasteiger partial charge is 0.0452 e. The van der Waals surface area contributed by atoms with Crippen LogP contribution in [0.25, 0.3) is 0 Å². The van der Waals surface area contributed by atoms with Crippen LogP contribution in [-0.4, -0.2) is 6.04 Å². The minimum atomic E-state index is 0.372. The lowest BCUT2D eigenvalue weighted by Gasteiger charge is -2.12. The quantitative estimate of drug-likeness (QED) is 0.844. The molecule has 1 aromatic rings. The molecule has 0 saturated heterocycles. The third-order valence-electron chi connectivity index (χ3n) is 3.14. The average molecular weight is 244 g/mol. The van der Waals surface area contributed by atoms with E-state index in [-0.39, 0.29) is 0 Å². The number of benzene rings is 1. The fraction of sp³-hybridized carbons (Fsp3) is 0.500. The summed E-state index contributed by atoms with van der Waals surface area (Å²) >= 11 is 12.3. The monoisotopic (exact) mass is 243 g/mol. The topological polar surface area (TPSA) is 26.0 Å². The Hall–Kier alpha value is -0.240. The molecule has 1 aromatic carbocycles. The van der Waals surface area contributed by atoms with Crippen LogP contribution < -0.4 is 5.73 Å². The van der Waals surface area contributed by atoms with E-state index in [1.807, 2.05) is 18.2 Å². The van der Waals surface area contributed by atoms with E-state index in [2.05, 4.69) is 0 Å². The van der Waals surface area contributed by atoms with Crippen LogP contribution in [0, 0.1) is 5.92 Å². The lowest BCUT2D eigenvalue weighted by molar-refractivity contribution is 0.535. The van der Waals surface area contributed by atoms with E-state index in [4.69, 9.17) is 28.9 Å². The summed E-state index contributed by atoms with van der Waals surface area (Å²) in [7, 11) is 0. The van der Waals surface area contributed by atoms with Crippen molar-refractivity contribution in [3.05, 3.63) is 33.8 Å². The Morgan fingerprint density at radius 3 is 2.40 bits per heavy atom. The maximum atomic E-state index is 6.13. The summed E-state index contributed by atoms with van der Waals surface area (Å²) in [6.07, 6.45) is 4.39. The van der Waals surface area contributed by atoms with Crippen LogP contribution in [0.15, 0.2) is 18.2 Å². The zero-order valence-electron chi connectivity index (χ0n) is 8.55. The number of rotatable bonds is 2. The summed E-state index contributed by atoms with van der Waals surface area (Å²) in [5.41, 5.74) is 6.97. The third-order valence-corrected chi connectivity index (χ3v) is 3.84. The van der Waals surface area contributed by atoms with Gasteiger partial charge >= 0.3 is 0 Å². The van der Waals surface area contributed by atoms with Gasteiger partial charge in [0.25, 0.3) is 0 Å². The predicted octanol–water partition coefficient (Wildman–Crippen LogP) is 3.66. The SMILES string of the molecule is NC1CCC(Cc2c(Cl)cccc2Cl)C1. The van der Waals surface area contributed by atoms with Gasteiger partial charge in [-0.1, -0.05) is 29.3 Å². The van der Waals surface area contributed by atoms with Gasteiger partial charge in [-0.3, -0.25) is 0 Å². The van der Waals surface area contributed by atoms with Crippen LogP contribution in [0.1, 0.15) is 24.8 Å². The van der Waals surface area contributed by atoms with Gasteiger partial charge < -0.3 is 5.73 Å². The number of hydrogen-bond acceptors (Lipinski definition) is 1. The van der Waals surface area contributed by atoms with Crippen LogP contribution in [0.5, 0.6) is 0 Å². The summed E-state index contributed by atoms with van der Waals surface area (Å²) in [5.74, 6) is 0.650. The first kappa shape index (κ1) is 11.3. The highest BCUT2D eigenvalue weighted by atomic mass is 35.5. The van der Waals surface area contributed by atoms with Gasteiger partial charge in [-0.25, -0.2) is 0 Å². The molecule has 15 heavy (non-hydrogen) atoms. The summed E-state index contributed by atoms with van der Waals surface area (Å²) in [4.78, 5) is 0. The number of hydrogen-bond donors (Lipinski definition) is 1. The standard InChI is InChI=1S/C12H15Cl2N/c13-11-2-1-3-12(14)10(11)7-8-4-5-9(15)6-8/h1-3,8-9H,4-7,15H2. The molecule has 0 radical (unpaired) electrons. The molecule has 0 aliphatic heterocycles. The molecule has 2 rings (SSSR count). The predicted molar refractivity (Wildman–Crippen MR) is 65.5 cm³/mol. The van der Waals surface area contributed by atoms with Crippen LogP contribution in [0.2, 0.25) is 10.0 Å². The molecule has 0 heterocycles. The van der Waals surface area contributed by atoms with E-state index in [1.165, 1.54) is 6.42 Å². The summed E-state index contributed by atoms with van der Waals surface area (Å²) < 4.78 is 0. The van der Waals surface area contributed by atoms with E-state index in [0.29, 0.717) is 12.0 Å². The maximum absolute atomic E-state index is 6.13. The van der Waals surface area contributed by atoms with Crippen LogP contribution >= 0.6 is 23.2 Å². The van der Waals surface area contributed by atoms with Gasteiger partial charge in [0.15, 0.2) is 0 Å². The van der Waals surface area contributed by atoms with Crippen LogP contribution in [0.4, 0.5) is 0 Å². The van der Waals surface area contributed by atoms with E-state index < -0.39 is 0 Å². The fourth-order valence-corrected chi connectivity index (χ4v) is 2.87. The fourth-order valence-electron chi connectivity index (χ4n) is 2.32. The normalized spacial score (nSPS) is 25.8. The molecular formula is C12H15Cl2N. The molecule has 2 unspecified atom stereocenters. The van der Waals surface area contributed by atoms with E-state index in [1.54, 1.807) is 0 Å². The second-order valence-corrected chi connectivity index (χ2v) is 5.16. The first-order valence-electron chi connectivity index (χ1n) is 5.35. The Morgan fingerprint density at radius 2 is 1.87 bits per heavy atom. The van der Waals surface area contributed by atoms with Crippen molar-refractivity contribution in [1.29, 1.82) is 0 Å². The molecule has 1 saturated carbocycles. The summed E-state index contributed by atoms with van der Waals surface area (Å²) in [5, 5.41) is 1.56. The van der Waals surface area contributed by atoms with Gasteiger partial charge in [0.1, 0.15) is 0 Å². The Morgan fingerprint density at radius 1 is 1.20 bits per heavy atom. The minimum absolute atomic E-state index is 0.372. The Labute approximate surface area is 101 Å². The van der Waals surface area contributed by atoms with Gasteiger partial charge in [-0.15, -0.1) is 0 Å². The summed E-state index contributed by atoms with van der Waals surface area (Å²) in [6.45, 7) is 0. The molecule has 0 aromatic heterocycles. The first-order chi connectivity index (χ1) is 7.16. The number of nitrogens with two attached hydrogens (primary N) is 1. The van der Waals surface area contributed by atoms with Gasteiger partial charge in [-0.05, 0) is 49.3 Å². The van der Waals surface area contributed by atoms with Crippen molar-refractivity contribution in [2.75, 3.05) is 0 Å². The third kappa shape index (κ3) is 2.66. The highest BCUT2D eigenvalue weighted by Crippen LogP contribution is 2.33. The summed E-state index contributed by atoms with van der Waals surface area (Å²) in [6, 6.07) is 6.06. The molecule has 1 aliphatic rings. The van der Waals surface area contributed by atoms with Gasteiger partial charge in [-0.2, -0.15) is 0 Å². The molecule has 3 heteroatoms. The van der Waals surface area contributed by atoms with Gasteiger partial charge in [0, 0.05) is 16.1 Å². The van der Waals surface area contributed by atoms with Crippen LogP contribution in [0.3, 0.4) is 0 Å². The van der Waals surface area contributed by atoms with Crippen LogP contribution in [-0.2, 0) is 6.42 Å². The van der Waals surface area contributed by atoms with E-state index in [9.17, 15) is 0 Å². The molecule has 1 fully saturated rings. The first-order valence-corrected chi connectivity index (χ1v) is 6.11. The highest BCUT2D eigenvalue weighted by molar-refractivity contribution is 6.35. The molecular weight excluding hydrogens is 229 g/mol. The molecule has 1 aliphatic carbocycles. The zero-order chi connectivity index (χ0) is 10.8. The van der Waals surface area contributed by atoms with Crippen molar-refractivity contribution >= 4 is 23.2 Å². The molecule has 1 nitrogen and oxygen atoms in total. The van der Waals surface area contributed by atoms with E-state index >= 15 is 0 Å². The molecule has 0 bridgehead atoms. The number of halogens is 2. The van der Waals surface area contributed by atoms with Crippen molar-refractivity contribution in [2.45, 2.75) is 31.7 Å². The van der Waals surface area contributed by atoms with Crippen molar-refractivity contribution < 1.29 is 0 Å². The molecule has 2 N–H and O–H groups in total.